The van der Waals surface area contributed by atoms with Crippen LogP contribution in [-0.2, 0) is 0 Å². The van der Waals surface area contributed by atoms with Crippen molar-refractivity contribution in [2.75, 3.05) is 5.73 Å². The Bertz CT molecular complexity index is 576. The summed E-state index contributed by atoms with van der Waals surface area (Å²) in [6.45, 7) is 0. The average Bonchev–Trinajstić information content (AvgIpc) is 2.66. The first-order chi connectivity index (χ1) is 6.36. The minimum absolute atomic E-state index is 0.434. The molecule has 0 aliphatic carbocycles. The van der Waals surface area contributed by atoms with Crippen molar-refractivity contribution in [3.8, 4) is 0 Å². The number of hydrogen-bond acceptors (Lipinski definition) is 3. The van der Waals surface area contributed by atoms with E-state index in [0.29, 0.717) is 11.7 Å². The zero-order valence-corrected chi connectivity index (χ0v) is 6.73. The zero-order chi connectivity index (χ0) is 8.84. The molecule has 0 aliphatic rings. The Morgan fingerprint density at radius 1 is 1.31 bits per heavy atom. The molecule has 0 saturated carbocycles. The molecule has 0 atom stereocenters. The number of nitrogens with two attached hydrogens (primary N) is 1. The molecule has 0 unspecified atom stereocenters. The molecule has 0 fully saturated rings. The Labute approximate surface area is 73.2 Å². The van der Waals surface area contributed by atoms with Crippen molar-refractivity contribution in [3.05, 3.63) is 24.3 Å². The molecule has 64 valence electrons. The van der Waals surface area contributed by atoms with E-state index in [1.165, 1.54) is 0 Å². The number of nitrogens with zero attached hydrogens (tertiary/aromatic N) is 3. The Kier molecular flexibility index (Phi) is 0.999. The Morgan fingerprint density at radius 2 is 2.15 bits per heavy atom. The zero-order valence-electron chi connectivity index (χ0n) is 6.73. The molecule has 0 saturated heterocycles. The molecule has 5 nitrogen and oxygen atoms in total. The molecule has 3 N–H and O–H groups in total. The van der Waals surface area contributed by atoms with E-state index in [1.807, 2.05) is 24.3 Å². The van der Waals surface area contributed by atoms with Gasteiger partial charge in [0.15, 0.2) is 0 Å². The number of anilines is 1. The van der Waals surface area contributed by atoms with E-state index in [-0.39, 0.29) is 0 Å². The molecule has 13 heavy (non-hydrogen) atoms. The Balaban J connectivity index is 2.66. The summed E-state index contributed by atoms with van der Waals surface area (Å²) < 4.78 is 1.79. The summed E-state index contributed by atoms with van der Waals surface area (Å²) in [6, 6.07) is 7.79. The summed E-state index contributed by atoms with van der Waals surface area (Å²) in [5.41, 5.74) is 7.56. The van der Waals surface area contributed by atoms with Crippen LogP contribution in [-0.4, -0.2) is 19.6 Å². The first-order valence-electron chi connectivity index (χ1n) is 3.93. The van der Waals surface area contributed by atoms with Gasteiger partial charge in [0.05, 0.1) is 11.0 Å². The van der Waals surface area contributed by atoms with E-state index in [9.17, 15) is 0 Å². The topological polar surface area (TPSA) is 72.0 Å². The van der Waals surface area contributed by atoms with E-state index >= 15 is 0 Å². The fraction of sp³-hybridized carbons (Fsp3) is 0. The Morgan fingerprint density at radius 3 is 3.08 bits per heavy atom. The van der Waals surface area contributed by atoms with Crippen LogP contribution in [0.15, 0.2) is 24.3 Å². The highest BCUT2D eigenvalue weighted by molar-refractivity contribution is 5.80. The largest absolute Gasteiger partial charge is 0.368 e. The summed E-state index contributed by atoms with van der Waals surface area (Å²) in [5, 5.41) is 6.61. The van der Waals surface area contributed by atoms with Gasteiger partial charge in [0.1, 0.15) is 0 Å². The third-order valence-electron chi connectivity index (χ3n) is 2.06. The highest BCUT2D eigenvalue weighted by Gasteiger charge is 2.07. The Hall–Kier alpha value is -2.04. The second-order valence-electron chi connectivity index (χ2n) is 2.84. The summed E-state index contributed by atoms with van der Waals surface area (Å²) in [6.07, 6.45) is 0. The van der Waals surface area contributed by atoms with Crippen molar-refractivity contribution in [2.45, 2.75) is 0 Å². The van der Waals surface area contributed by atoms with Crippen LogP contribution in [0.1, 0.15) is 0 Å². The van der Waals surface area contributed by atoms with Gasteiger partial charge in [-0.25, -0.2) is 14.5 Å². The predicted molar refractivity (Wildman–Crippen MR) is 49.3 cm³/mol. The van der Waals surface area contributed by atoms with Crippen molar-refractivity contribution in [2.24, 2.45) is 0 Å². The molecule has 3 rings (SSSR count). The normalized spacial score (nSPS) is 11.4. The minimum Gasteiger partial charge on any atom is -0.368 e. The number of H-pyrrole nitrogens is 1. The van der Waals surface area contributed by atoms with Crippen molar-refractivity contribution < 1.29 is 0 Å². The highest BCUT2D eigenvalue weighted by Crippen LogP contribution is 2.16. The van der Waals surface area contributed by atoms with Crippen molar-refractivity contribution in [1.29, 1.82) is 0 Å². The lowest BCUT2D eigenvalue weighted by atomic mass is 10.3. The van der Waals surface area contributed by atoms with Crippen LogP contribution >= 0.6 is 0 Å². The number of nitrogens with one attached hydrogen (secondary N) is 1. The monoisotopic (exact) mass is 173 g/mol. The summed E-state index contributed by atoms with van der Waals surface area (Å²) in [5.74, 6) is 1.11. The van der Waals surface area contributed by atoms with Gasteiger partial charge in [-0.1, -0.05) is 12.1 Å². The van der Waals surface area contributed by atoms with Crippen LogP contribution in [0.25, 0.3) is 16.8 Å². The second kappa shape index (κ2) is 2.01. The maximum Gasteiger partial charge on any atom is 0.231 e. The van der Waals surface area contributed by atoms with Gasteiger partial charge in [-0.3, -0.25) is 0 Å². The maximum absolute atomic E-state index is 5.67. The van der Waals surface area contributed by atoms with Crippen molar-refractivity contribution >= 4 is 22.8 Å². The van der Waals surface area contributed by atoms with Crippen LogP contribution in [0.3, 0.4) is 0 Å². The van der Waals surface area contributed by atoms with Crippen LogP contribution in [0.5, 0.6) is 0 Å². The number of fused-ring (bicyclic) bond motifs is 3. The van der Waals surface area contributed by atoms with Gasteiger partial charge in [-0.15, -0.1) is 5.10 Å². The van der Waals surface area contributed by atoms with Gasteiger partial charge in [-0.05, 0) is 12.1 Å². The minimum atomic E-state index is 0.434. The van der Waals surface area contributed by atoms with Gasteiger partial charge >= 0.3 is 0 Å². The van der Waals surface area contributed by atoms with Crippen molar-refractivity contribution in [3.63, 3.8) is 0 Å². The SMILES string of the molecule is Nc1n[nH]c2nc3ccccc3n12. The van der Waals surface area contributed by atoms with Crippen LogP contribution in [0.2, 0.25) is 0 Å². The van der Waals surface area contributed by atoms with Gasteiger partial charge in [0, 0.05) is 0 Å². The molecule has 0 aliphatic heterocycles. The molecule has 2 aromatic heterocycles. The quantitative estimate of drug-likeness (QED) is 0.528. The van der Waals surface area contributed by atoms with Crippen LogP contribution in [0, 0.1) is 0 Å². The van der Waals surface area contributed by atoms with Crippen molar-refractivity contribution in [1.82, 2.24) is 19.6 Å². The van der Waals surface area contributed by atoms with Crippen LogP contribution in [0.4, 0.5) is 5.95 Å². The molecule has 0 bridgehead atoms. The summed E-state index contributed by atoms with van der Waals surface area (Å²) in [7, 11) is 0. The second-order valence-corrected chi connectivity index (χ2v) is 2.84. The number of aromatic amines is 1. The van der Waals surface area contributed by atoms with Crippen LogP contribution < -0.4 is 5.73 Å². The average molecular weight is 173 g/mol. The summed E-state index contributed by atoms with van der Waals surface area (Å²) in [4.78, 5) is 4.30. The number of imidazole rings is 1. The van der Waals surface area contributed by atoms with Gasteiger partial charge in [0.2, 0.25) is 11.7 Å². The number of nitrogen functional groups attached to an aromatic ring is 1. The molecule has 0 radical (unpaired) electrons. The molecule has 3 aromatic rings. The van der Waals surface area contributed by atoms with E-state index in [0.717, 1.165) is 11.0 Å². The lowest BCUT2D eigenvalue weighted by Gasteiger charge is -1.89. The standard InChI is InChI=1S/C8H7N5/c9-7-11-12-8-10-5-3-1-2-4-6(5)13(7)8/h1-4H,(H2,9,11)(H,10,12). The maximum atomic E-state index is 5.67. The molecule has 5 heteroatoms. The van der Waals surface area contributed by atoms with Gasteiger partial charge < -0.3 is 5.73 Å². The fourth-order valence-electron chi connectivity index (χ4n) is 1.49. The van der Waals surface area contributed by atoms with E-state index in [1.54, 1.807) is 4.40 Å². The van der Waals surface area contributed by atoms with E-state index < -0.39 is 0 Å². The number of hydrogen-bond donors (Lipinski definition) is 2. The first kappa shape index (κ1) is 6.47. The lowest BCUT2D eigenvalue weighted by Crippen LogP contribution is -1.91. The third kappa shape index (κ3) is 0.703. The molecular weight excluding hydrogens is 166 g/mol. The molecule has 1 aromatic carbocycles. The fourth-order valence-corrected chi connectivity index (χ4v) is 1.49. The molecule has 2 heterocycles. The predicted octanol–water partition coefficient (Wildman–Crippen LogP) is 0.793. The molecular formula is C8H7N5. The number of para-hydroxylation sites is 2. The lowest BCUT2D eigenvalue weighted by molar-refractivity contribution is 1.11. The molecule has 0 amide bonds. The first-order valence-corrected chi connectivity index (χ1v) is 3.93. The number of aromatic nitrogens is 4. The van der Waals surface area contributed by atoms with E-state index in [2.05, 4.69) is 15.2 Å². The van der Waals surface area contributed by atoms with Gasteiger partial charge in [0.25, 0.3) is 0 Å². The summed E-state index contributed by atoms with van der Waals surface area (Å²) >= 11 is 0. The van der Waals surface area contributed by atoms with Gasteiger partial charge in [-0.2, -0.15) is 0 Å². The number of rotatable bonds is 0. The third-order valence-corrected chi connectivity index (χ3v) is 2.06. The smallest absolute Gasteiger partial charge is 0.231 e. The van der Waals surface area contributed by atoms with E-state index in [4.69, 9.17) is 5.73 Å². The molecule has 0 spiro atoms. The highest BCUT2D eigenvalue weighted by atomic mass is 15.3. The number of benzene rings is 1.